The van der Waals surface area contributed by atoms with Crippen molar-refractivity contribution in [2.45, 2.75) is 0 Å². The van der Waals surface area contributed by atoms with Gasteiger partial charge in [0.05, 0.1) is 0 Å². The van der Waals surface area contributed by atoms with Gasteiger partial charge in [-0.05, 0) is 5.52 Å². The van der Waals surface area contributed by atoms with Gasteiger partial charge in [0.1, 0.15) is 0 Å². The summed E-state index contributed by atoms with van der Waals surface area (Å²) in [5, 5.41) is 1.17. The van der Waals surface area contributed by atoms with Crippen LogP contribution in [0.5, 0.6) is 0 Å². The van der Waals surface area contributed by atoms with Crippen LogP contribution in [0.2, 0.25) is 0 Å². The maximum atomic E-state index is 8.50. The number of aromatic nitrogens is 1. The van der Waals surface area contributed by atoms with Crippen LogP contribution in [0.15, 0.2) is 36.4 Å². The van der Waals surface area contributed by atoms with Gasteiger partial charge in [-0.15, -0.1) is 5.39 Å². The van der Waals surface area contributed by atoms with E-state index in [4.69, 9.17) is 6.65 Å². The number of benzene rings is 1. The molecule has 0 unspecified atom stereocenters. The molecule has 0 saturated heterocycles. The molecule has 1 aromatic carbocycles. The fourth-order valence-electron chi connectivity index (χ4n) is 0.964. The van der Waals surface area contributed by atoms with Gasteiger partial charge in [0.25, 0.3) is 0 Å². The van der Waals surface area contributed by atoms with Crippen LogP contribution in [0.25, 0.3) is 10.9 Å². The molecule has 0 fully saturated rings. The van der Waals surface area contributed by atoms with E-state index in [2.05, 4.69) is 11.2 Å². The first-order valence-corrected chi connectivity index (χ1v) is 4.87. The van der Waals surface area contributed by atoms with Crippen molar-refractivity contribution in [1.82, 2.24) is 4.98 Å². The van der Waals surface area contributed by atoms with Gasteiger partial charge in [-0.1, -0.05) is 30.5 Å². The second-order valence-electron chi connectivity index (χ2n) is 2.22. The molecule has 0 bridgehead atoms. The Labute approximate surface area is 84.4 Å². The van der Waals surface area contributed by atoms with Crippen LogP contribution in [0.4, 0.5) is 0 Å². The number of hydrogen-bond acceptors (Lipinski definition) is 3. The van der Waals surface area contributed by atoms with E-state index in [9.17, 15) is 0 Å². The molecular formula is C9H6NO2Ti-. The zero-order valence-electron chi connectivity index (χ0n) is 6.73. The summed E-state index contributed by atoms with van der Waals surface area (Å²) in [5.74, 6) is 0. The average Bonchev–Trinajstić information content (AvgIpc) is 2.19. The summed E-state index contributed by atoms with van der Waals surface area (Å²) in [6.07, 6.45) is 2.79. The van der Waals surface area contributed by atoms with Crippen molar-refractivity contribution < 1.29 is 25.7 Å². The Hall–Kier alpha value is -1.06. The van der Waals surface area contributed by atoms with Gasteiger partial charge in [-0.2, -0.15) is 12.1 Å². The average molecular weight is 208 g/mol. The van der Waals surface area contributed by atoms with Crippen molar-refractivity contribution in [1.29, 1.82) is 0 Å². The molecule has 1 heterocycles. The quantitative estimate of drug-likeness (QED) is 0.489. The van der Waals surface area contributed by atoms with Crippen LogP contribution in [-0.4, -0.2) is 4.98 Å². The first-order valence-electron chi connectivity index (χ1n) is 3.59. The van der Waals surface area contributed by atoms with E-state index in [-0.39, 0.29) is 0 Å². The normalized spacial score (nSPS) is 8.31. The van der Waals surface area contributed by atoms with Gasteiger partial charge < -0.3 is 4.98 Å². The standard InChI is InChI=1S/C9H6N.2O.Ti/c1-2-6-9-8(4-1)5-3-7-10-9;;;/h1-6H;;;/q-1;;;. The third-order valence-electron chi connectivity index (χ3n) is 1.46. The molecule has 3 nitrogen and oxygen atoms in total. The molecule has 0 aliphatic heterocycles. The predicted octanol–water partition coefficient (Wildman–Crippen LogP) is 1.79. The Morgan fingerprint density at radius 1 is 1.15 bits per heavy atom. The first-order chi connectivity index (χ1) is 6.38. The molecule has 2 rings (SSSR count). The summed E-state index contributed by atoms with van der Waals surface area (Å²) in [6.45, 7) is 0. The largest absolute Gasteiger partial charge is 0.386 e. The van der Waals surface area contributed by atoms with Crippen LogP contribution in [0, 0.1) is 6.20 Å². The summed E-state index contributed by atoms with van der Waals surface area (Å²) >= 11 is -2.00. The molecule has 0 spiro atoms. The van der Waals surface area contributed by atoms with Crippen molar-refractivity contribution in [2.24, 2.45) is 0 Å². The van der Waals surface area contributed by atoms with Crippen LogP contribution in [-0.2, 0) is 25.7 Å². The van der Waals surface area contributed by atoms with Crippen LogP contribution >= 0.6 is 0 Å². The van der Waals surface area contributed by atoms with Crippen molar-refractivity contribution in [3.63, 3.8) is 0 Å². The molecule has 0 atom stereocenters. The molecule has 0 N–H and O–H groups in total. The summed E-state index contributed by atoms with van der Waals surface area (Å²) in [5.41, 5.74) is 1.00. The number of nitrogens with zero attached hydrogens (tertiary/aromatic N) is 1. The molecule has 1 aromatic heterocycles. The molecular weight excluding hydrogens is 202 g/mol. The van der Waals surface area contributed by atoms with Gasteiger partial charge in [-0.25, -0.2) is 0 Å². The van der Waals surface area contributed by atoms with Crippen molar-refractivity contribution in [3.8, 4) is 0 Å². The Balaban J connectivity index is 0.000000251. The first kappa shape index (κ1) is 10.0. The number of rotatable bonds is 0. The molecule has 0 aliphatic rings. The summed E-state index contributed by atoms with van der Waals surface area (Å²) in [7, 11) is 0. The Bertz CT molecular complexity index is 359. The van der Waals surface area contributed by atoms with E-state index < -0.39 is 19.1 Å². The smallest absolute Gasteiger partial charge is 0.0435 e. The topological polar surface area (TPSA) is 47.0 Å². The monoisotopic (exact) mass is 208 g/mol. The van der Waals surface area contributed by atoms with E-state index >= 15 is 0 Å². The zero-order valence-corrected chi connectivity index (χ0v) is 8.29. The maximum absolute atomic E-state index is 8.50. The van der Waals surface area contributed by atoms with E-state index in [1.807, 2.05) is 36.4 Å². The third kappa shape index (κ3) is 3.05. The van der Waals surface area contributed by atoms with Gasteiger partial charge in [0, 0.05) is 0 Å². The van der Waals surface area contributed by atoms with Crippen molar-refractivity contribution in [3.05, 3.63) is 42.6 Å². The molecule has 0 aliphatic carbocycles. The minimum atomic E-state index is -2.00. The Morgan fingerprint density at radius 2 is 1.85 bits per heavy atom. The minimum Gasteiger partial charge on any atom is -0.386 e. The summed E-state index contributed by atoms with van der Waals surface area (Å²) in [6, 6.07) is 11.8. The fourth-order valence-corrected chi connectivity index (χ4v) is 0.964. The van der Waals surface area contributed by atoms with Gasteiger partial charge in [0.2, 0.25) is 0 Å². The number of pyridine rings is 1. The molecule has 4 heteroatoms. The van der Waals surface area contributed by atoms with E-state index in [0.717, 1.165) is 5.52 Å². The van der Waals surface area contributed by atoms with Crippen LogP contribution in [0.3, 0.4) is 0 Å². The molecule has 64 valence electrons. The molecule has 0 saturated carbocycles. The zero-order chi connectivity index (χ0) is 9.52. The second-order valence-corrected chi connectivity index (χ2v) is 2.48. The fraction of sp³-hybridized carbons (Fsp3) is 0. The molecule has 0 amide bonds. The number of hydrogen-bond donors (Lipinski definition) is 0. The predicted molar refractivity (Wildman–Crippen MR) is 42.0 cm³/mol. The summed E-state index contributed by atoms with van der Waals surface area (Å²) in [4.78, 5) is 4.06. The van der Waals surface area contributed by atoms with Gasteiger partial charge in [0.15, 0.2) is 0 Å². The van der Waals surface area contributed by atoms with Crippen LogP contribution < -0.4 is 0 Å². The molecule has 13 heavy (non-hydrogen) atoms. The van der Waals surface area contributed by atoms with Crippen LogP contribution in [0.1, 0.15) is 0 Å². The number of para-hydroxylation sites is 1. The molecule has 2 aromatic rings. The summed E-state index contributed by atoms with van der Waals surface area (Å²) < 4.78 is 17.0. The number of fused-ring (bicyclic) bond motifs is 1. The molecule has 0 radical (unpaired) electrons. The van der Waals surface area contributed by atoms with Crippen molar-refractivity contribution in [2.75, 3.05) is 0 Å². The SMILES string of the molecule is [O]=[Ti]=[O].[c-]1ccc2ccccc2n1. The van der Waals surface area contributed by atoms with Crippen molar-refractivity contribution >= 4 is 10.9 Å². The minimum absolute atomic E-state index is 1.00. The third-order valence-corrected chi connectivity index (χ3v) is 1.46. The van der Waals surface area contributed by atoms with Gasteiger partial charge >= 0.3 is 25.7 Å². The second kappa shape index (κ2) is 5.57. The maximum Gasteiger partial charge on any atom is -0.0435 e. The van der Waals surface area contributed by atoms with E-state index in [0.29, 0.717) is 0 Å². The van der Waals surface area contributed by atoms with E-state index in [1.54, 1.807) is 0 Å². The Kier molecular flexibility index (Phi) is 4.29. The van der Waals surface area contributed by atoms with E-state index in [1.165, 1.54) is 5.39 Å². The Morgan fingerprint density at radius 3 is 2.54 bits per heavy atom. The van der Waals surface area contributed by atoms with Gasteiger partial charge in [-0.3, -0.25) is 0 Å².